The largest absolute Gasteiger partial charge is 0.416 e. The lowest BCUT2D eigenvalue weighted by Crippen LogP contribution is -2.31. The second kappa shape index (κ2) is 12.2. The smallest absolute Gasteiger partial charge is 0.380 e. The van der Waals surface area contributed by atoms with Crippen molar-refractivity contribution in [1.29, 1.82) is 0 Å². The van der Waals surface area contributed by atoms with Crippen LogP contribution in [0, 0.1) is 6.92 Å². The van der Waals surface area contributed by atoms with E-state index in [-0.39, 0.29) is 23.5 Å². The van der Waals surface area contributed by atoms with Crippen LogP contribution >= 0.6 is 0 Å². The number of pyridine rings is 1. The van der Waals surface area contributed by atoms with Gasteiger partial charge in [0.1, 0.15) is 5.65 Å². The highest BCUT2D eigenvalue weighted by Gasteiger charge is 2.35. The van der Waals surface area contributed by atoms with Crippen molar-refractivity contribution >= 4 is 34.1 Å². The Morgan fingerprint density at radius 1 is 1.07 bits per heavy atom. The topological polar surface area (TPSA) is 93.4 Å². The van der Waals surface area contributed by atoms with Crippen molar-refractivity contribution < 1.29 is 22.8 Å². The molecule has 0 spiro atoms. The first kappa shape index (κ1) is 30.2. The molecule has 4 aromatic rings. The Kier molecular flexibility index (Phi) is 8.57. The summed E-state index contributed by atoms with van der Waals surface area (Å²) in [6.07, 6.45) is -2.01. The summed E-state index contributed by atoms with van der Waals surface area (Å²) in [7, 11) is 3.95. The van der Waals surface area contributed by atoms with Gasteiger partial charge in [0, 0.05) is 55.8 Å². The fourth-order valence-corrected chi connectivity index (χ4v) is 5.38. The van der Waals surface area contributed by atoms with E-state index in [1.165, 1.54) is 19.1 Å². The van der Waals surface area contributed by atoms with Gasteiger partial charge in [0.25, 0.3) is 5.91 Å². The van der Waals surface area contributed by atoms with Gasteiger partial charge in [-0.3, -0.25) is 14.5 Å². The summed E-state index contributed by atoms with van der Waals surface area (Å²) < 4.78 is 42.2. The molecule has 3 heterocycles. The van der Waals surface area contributed by atoms with Crippen molar-refractivity contribution in [2.45, 2.75) is 45.6 Å². The fraction of sp³-hybridized carbons (Fsp3) is 0.344. The summed E-state index contributed by atoms with van der Waals surface area (Å²) in [5.74, 6) is -0.690. The number of H-pyrrole nitrogens is 1. The predicted molar refractivity (Wildman–Crippen MR) is 161 cm³/mol. The van der Waals surface area contributed by atoms with Gasteiger partial charge >= 0.3 is 6.18 Å². The predicted octanol–water partition coefficient (Wildman–Crippen LogP) is 6.09. The van der Waals surface area contributed by atoms with Crippen molar-refractivity contribution in [2.24, 2.45) is 0 Å². The van der Waals surface area contributed by atoms with E-state index in [1.807, 2.05) is 38.1 Å². The van der Waals surface area contributed by atoms with Gasteiger partial charge in [-0.1, -0.05) is 12.1 Å². The summed E-state index contributed by atoms with van der Waals surface area (Å²) in [6.45, 7) is 5.45. The Labute approximate surface area is 248 Å². The zero-order valence-corrected chi connectivity index (χ0v) is 24.6. The molecule has 1 aliphatic heterocycles. The van der Waals surface area contributed by atoms with Gasteiger partial charge in [0.2, 0.25) is 0 Å². The lowest BCUT2D eigenvalue weighted by molar-refractivity contribution is -0.138. The normalized spacial score (nSPS) is 15.8. The van der Waals surface area contributed by atoms with Crippen molar-refractivity contribution in [3.05, 3.63) is 88.2 Å². The Morgan fingerprint density at radius 2 is 1.86 bits per heavy atom. The van der Waals surface area contributed by atoms with Crippen LogP contribution in [0.1, 0.15) is 56.4 Å². The summed E-state index contributed by atoms with van der Waals surface area (Å²) in [6, 6.07) is 13.1. The number of hydrogen-bond acceptors (Lipinski definition) is 6. The number of Topliss-reactive ketones (excluding diaryl/α,β-unsaturated/α-hetero) is 1. The van der Waals surface area contributed by atoms with Crippen molar-refractivity contribution in [1.82, 2.24) is 19.8 Å². The van der Waals surface area contributed by atoms with Crippen LogP contribution in [0.25, 0.3) is 11.0 Å². The maximum Gasteiger partial charge on any atom is 0.416 e. The maximum absolute atomic E-state index is 14.1. The standard InChI is InChI=1S/C32H35F3N6O2/c1-19-5-8-25(12-24(19)15-36-26-11-23-14-29(20(2)42)39-30(23)37-16-26)38-31(43)21-6-7-22(28(13-21)32(33,34)35)17-41-10-9-27(18-41)40(3)4/h5-8,11-14,16,27,36H,9-10,15,17-18H2,1-4H3,(H,37,39)(H,38,43). The molecule has 1 aliphatic rings. The number of fused-ring (bicyclic) bond motifs is 1. The lowest BCUT2D eigenvalue weighted by atomic mass is 10.0. The van der Waals surface area contributed by atoms with Gasteiger partial charge in [-0.05, 0) is 80.5 Å². The number of amides is 1. The first-order valence-corrected chi connectivity index (χ1v) is 14.1. The van der Waals surface area contributed by atoms with Crippen LogP contribution in [-0.2, 0) is 19.3 Å². The number of anilines is 2. The van der Waals surface area contributed by atoms with Crippen LogP contribution in [0.4, 0.5) is 24.5 Å². The molecule has 5 rings (SSSR count). The van der Waals surface area contributed by atoms with Crippen LogP contribution in [0.2, 0.25) is 0 Å². The van der Waals surface area contributed by atoms with E-state index in [2.05, 4.69) is 25.5 Å². The Morgan fingerprint density at radius 3 is 2.56 bits per heavy atom. The molecule has 0 radical (unpaired) electrons. The molecule has 0 saturated carbocycles. The molecule has 1 unspecified atom stereocenters. The summed E-state index contributed by atoms with van der Waals surface area (Å²) >= 11 is 0. The van der Waals surface area contributed by atoms with E-state index < -0.39 is 17.6 Å². The van der Waals surface area contributed by atoms with Crippen molar-refractivity contribution in [2.75, 3.05) is 37.8 Å². The van der Waals surface area contributed by atoms with E-state index >= 15 is 0 Å². The average molecular weight is 593 g/mol. The molecule has 1 fully saturated rings. The summed E-state index contributed by atoms with van der Waals surface area (Å²) in [5, 5.41) is 6.86. The van der Waals surface area contributed by atoms with E-state index in [4.69, 9.17) is 0 Å². The van der Waals surface area contributed by atoms with E-state index in [1.54, 1.807) is 24.4 Å². The number of nitrogens with zero attached hydrogens (tertiary/aromatic N) is 3. The minimum Gasteiger partial charge on any atom is -0.380 e. The molecule has 1 saturated heterocycles. The summed E-state index contributed by atoms with van der Waals surface area (Å²) in [5.41, 5.74) is 3.52. The number of likely N-dealkylation sites (tertiary alicyclic amines) is 1. The van der Waals surface area contributed by atoms with Crippen LogP contribution < -0.4 is 10.6 Å². The minimum absolute atomic E-state index is 0.0558. The summed E-state index contributed by atoms with van der Waals surface area (Å²) in [4.78, 5) is 36.2. The van der Waals surface area contributed by atoms with Gasteiger partial charge in [-0.25, -0.2) is 4.98 Å². The number of nitrogens with one attached hydrogen (secondary N) is 3. The van der Waals surface area contributed by atoms with Gasteiger partial charge in [-0.2, -0.15) is 13.2 Å². The third-order valence-corrected chi connectivity index (χ3v) is 7.99. The molecular weight excluding hydrogens is 557 g/mol. The van der Waals surface area contributed by atoms with Gasteiger partial charge in [-0.15, -0.1) is 0 Å². The molecule has 1 amide bonds. The monoisotopic (exact) mass is 592 g/mol. The number of aryl methyl sites for hydroxylation is 1. The van der Waals surface area contributed by atoms with Crippen LogP contribution in [0.3, 0.4) is 0 Å². The molecule has 43 heavy (non-hydrogen) atoms. The zero-order chi connectivity index (χ0) is 30.9. The van der Waals surface area contributed by atoms with Crippen LogP contribution in [0.5, 0.6) is 0 Å². The number of aromatic amines is 1. The zero-order valence-electron chi connectivity index (χ0n) is 24.6. The quantitative estimate of drug-likeness (QED) is 0.204. The van der Waals surface area contributed by atoms with E-state index in [9.17, 15) is 22.8 Å². The number of carbonyl (C=O) groups is 2. The molecule has 2 aromatic carbocycles. The molecule has 3 N–H and O–H groups in total. The average Bonchev–Trinajstić information content (AvgIpc) is 3.60. The van der Waals surface area contributed by atoms with Gasteiger partial charge in [0.15, 0.2) is 5.78 Å². The molecular formula is C32H35F3N6O2. The molecule has 226 valence electrons. The Hall–Kier alpha value is -4.22. The fourth-order valence-electron chi connectivity index (χ4n) is 5.38. The highest BCUT2D eigenvalue weighted by Crippen LogP contribution is 2.34. The first-order valence-electron chi connectivity index (χ1n) is 14.1. The van der Waals surface area contributed by atoms with Gasteiger partial charge in [0.05, 0.1) is 23.1 Å². The third-order valence-electron chi connectivity index (χ3n) is 7.99. The first-order chi connectivity index (χ1) is 20.4. The minimum atomic E-state index is -4.58. The highest BCUT2D eigenvalue weighted by atomic mass is 19.4. The second-order valence-electron chi connectivity index (χ2n) is 11.4. The molecule has 1 atom stereocenters. The van der Waals surface area contributed by atoms with Crippen molar-refractivity contribution in [3.8, 4) is 0 Å². The van der Waals surface area contributed by atoms with E-state index in [0.29, 0.717) is 36.2 Å². The highest BCUT2D eigenvalue weighted by molar-refractivity contribution is 6.04. The Bertz CT molecular complexity index is 1660. The molecule has 8 nitrogen and oxygen atoms in total. The molecule has 0 bridgehead atoms. The molecule has 11 heteroatoms. The number of ketones is 1. The number of hydrogen-bond donors (Lipinski definition) is 3. The van der Waals surface area contributed by atoms with Crippen molar-refractivity contribution in [3.63, 3.8) is 0 Å². The lowest BCUT2D eigenvalue weighted by Gasteiger charge is -2.22. The number of aromatic nitrogens is 2. The van der Waals surface area contributed by atoms with E-state index in [0.717, 1.165) is 41.2 Å². The number of rotatable bonds is 9. The SMILES string of the molecule is CC(=O)c1cc2cc(NCc3cc(NC(=O)c4ccc(CN5CCC(N(C)C)C5)c(C(F)(F)F)c4)ccc3C)cnc2[nH]1. The Balaban J connectivity index is 1.28. The second-order valence-corrected chi connectivity index (χ2v) is 11.4. The maximum atomic E-state index is 14.1. The number of carbonyl (C=O) groups excluding carboxylic acids is 2. The number of benzene rings is 2. The van der Waals surface area contributed by atoms with Gasteiger partial charge < -0.3 is 20.5 Å². The number of likely N-dealkylation sites (N-methyl/N-ethyl adjacent to an activating group) is 1. The molecule has 0 aliphatic carbocycles. The third kappa shape index (κ3) is 7.06. The number of alkyl halides is 3. The molecule has 2 aromatic heterocycles. The number of halogens is 3. The van der Waals surface area contributed by atoms with Crippen LogP contribution in [0.15, 0.2) is 54.7 Å². The van der Waals surface area contributed by atoms with Crippen LogP contribution in [-0.4, -0.2) is 64.7 Å².